The minimum Gasteiger partial charge on any atom is -0.497 e. The number of benzene rings is 2. The van der Waals surface area contributed by atoms with Crippen LogP contribution in [-0.2, 0) is 4.79 Å². The third-order valence-corrected chi connectivity index (χ3v) is 3.89. The number of carbonyl (C=O) groups is 1. The van der Waals surface area contributed by atoms with Gasteiger partial charge in [-0.15, -0.1) is 0 Å². The summed E-state index contributed by atoms with van der Waals surface area (Å²) in [4.78, 5) is 14.2. The Hall–Kier alpha value is -2.53. The Morgan fingerprint density at radius 1 is 1.04 bits per heavy atom. The van der Waals surface area contributed by atoms with Crippen molar-refractivity contribution in [3.05, 3.63) is 54.1 Å². The van der Waals surface area contributed by atoms with Gasteiger partial charge in [-0.25, -0.2) is 0 Å². The van der Waals surface area contributed by atoms with Crippen molar-refractivity contribution >= 4 is 11.6 Å². The van der Waals surface area contributed by atoms with Crippen LogP contribution in [0.15, 0.2) is 48.5 Å². The second-order valence-electron chi connectivity index (χ2n) is 5.81. The lowest BCUT2D eigenvalue weighted by Crippen LogP contribution is -2.35. The van der Waals surface area contributed by atoms with Gasteiger partial charge in [0.05, 0.1) is 13.7 Å². The molecule has 0 spiro atoms. The van der Waals surface area contributed by atoms with Crippen LogP contribution in [0.4, 0.5) is 5.69 Å². The number of likely N-dealkylation sites (N-methyl/N-ethyl adjacent to an activating group) is 1. The predicted octanol–water partition coefficient (Wildman–Crippen LogP) is 3.34. The average Bonchev–Trinajstić information content (AvgIpc) is 2.63. The molecule has 0 atom stereocenters. The van der Waals surface area contributed by atoms with Gasteiger partial charge in [-0.05, 0) is 49.9 Å². The Bertz CT molecular complexity index is 654. The Labute approximate surface area is 149 Å². The predicted molar refractivity (Wildman–Crippen MR) is 100 cm³/mol. The highest BCUT2D eigenvalue weighted by Crippen LogP contribution is 2.15. The van der Waals surface area contributed by atoms with E-state index in [1.165, 1.54) is 5.56 Å². The van der Waals surface area contributed by atoms with Crippen LogP contribution in [0.2, 0.25) is 0 Å². The highest BCUT2D eigenvalue weighted by Gasteiger charge is 2.09. The molecule has 0 heterocycles. The molecular weight excluding hydrogens is 316 g/mol. The van der Waals surface area contributed by atoms with E-state index in [-0.39, 0.29) is 5.91 Å². The molecule has 0 aliphatic carbocycles. The van der Waals surface area contributed by atoms with E-state index in [1.807, 2.05) is 67.3 Å². The van der Waals surface area contributed by atoms with Gasteiger partial charge >= 0.3 is 0 Å². The summed E-state index contributed by atoms with van der Waals surface area (Å²) in [5.74, 6) is 1.58. The molecular formula is C20H26N2O3. The second kappa shape index (κ2) is 9.69. The molecule has 0 bridgehead atoms. The van der Waals surface area contributed by atoms with Crippen LogP contribution in [0.3, 0.4) is 0 Å². The highest BCUT2D eigenvalue weighted by atomic mass is 16.5. The van der Waals surface area contributed by atoms with Gasteiger partial charge in [0.2, 0.25) is 5.91 Å². The van der Waals surface area contributed by atoms with Gasteiger partial charge < -0.3 is 14.8 Å². The molecule has 0 radical (unpaired) electrons. The third-order valence-electron chi connectivity index (χ3n) is 3.89. The summed E-state index contributed by atoms with van der Waals surface area (Å²) in [5.41, 5.74) is 1.97. The summed E-state index contributed by atoms with van der Waals surface area (Å²) >= 11 is 0. The Morgan fingerprint density at radius 3 is 2.28 bits per heavy atom. The van der Waals surface area contributed by atoms with Crippen molar-refractivity contribution in [1.82, 2.24) is 4.90 Å². The van der Waals surface area contributed by atoms with Gasteiger partial charge in [0, 0.05) is 12.2 Å². The van der Waals surface area contributed by atoms with Crippen molar-refractivity contribution < 1.29 is 14.3 Å². The van der Waals surface area contributed by atoms with Crippen LogP contribution in [0.1, 0.15) is 12.5 Å². The molecule has 0 aromatic heterocycles. The number of amides is 1. The Balaban J connectivity index is 1.75. The number of rotatable bonds is 9. The van der Waals surface area contributed by atoms with Crippen molar-refractivity contribution in [3.63, 3.8) is 0 Å². The molecule has 134 valence electrons. The molecule has 25 heavy (non-hydrogen) atoms. The number of anilines is 1. The Kier molecular flexibility index (Phi) is 7.29. The van der Waals surface area contributed by atoms with E-state index in [4.69, 9.17) is 9.47 Å². The fourth-order valence-corrected chi connectivity index (χ4v) is 2.35. The summed E-state index contributed by atoms with van der Waals surface area (Å²) < 4.78 is 10.8. The first kappa shape index (κ1) is 18.8. The molecule has 1 amide bonds. The SMILES string of the molecule is CCN(CCOc1ccc(C)cc1)CC(=O)Nc1ccc(OC)cc1. The smallest absolute Gasteiger partial charge is 0.238 e. The molecule has 0 saturated carbocycles. The highest BCUT2D eigenvalue weighted by molar-refractivity contribution is 5.92. The van der Waals surface area contributed by atoms with Gasteiger partial charge in [-0.3, -0.25) is 9.69 Å². The molecule has 2 rings (SSSR count). The molecule has 0 aliphatic rings. The molecule has 2 aromatic rings. The van der Waals surface area contributed by atoms with Crippen molar-refractivity contribution in [1.29, 1.82) is 0 Å². The summed E-state index contributed by atoms with van der Waals surface area (Å²) in [7, 11) is 1.62. The second-order valence-corrected chi connectivity index (χ2v) is 5.81. The number of aryl methyl sites for hydroxylation is 1. The summed E-state index contributed by atoms with van der Waals surface area (Å²) in [6, 6.07) is 15.3. The lowest BCUT2D eigenvalue weighted by atomic mass is 10.2. The zero-order chi connectivity index (χ0) is 18.1. The maximum Gasteiger partial charge on any atom is 0.238 e. The average molecular weight is 342 g/mol. The van der Waals surface area contributed by atoms with E-state index < -0.39 is 0 Å². The van der Waals surface area contributed by atoms with E-state index in [9.17, 15) is 4.79 Å². The molecule has 0 saturated heterocycles. The number of methoxy groups -OCH3 is 1. The number of ether oxygens (including phenoxy) is 2. The van der Waals surface area contributed by atoms with Crippen molar-refractivity contribution in [2.24, 2.45) is 0 Å². The molecule has 0 aliphatic heterocycles. The van der Waals surface area contributed by atoms with Crippen molar-refractivity contribution in [2.45, 2.75) is 13.8 Å². The molecule has 2 aromatic carbocycles. The number of hydrogen-bond donors (Lipinski definition) is 1. The number of hydrogen-bond acceptors (Lipinski definition) is 4. The maximum absolute atomic E-state index is 12.2. The minimum atomic E-state index is -0.0395. The zero-order valence-electron chi connectivity index (χ0n) is 15.1. The summed E-state index contributed by atoms with van der Waals surface area (Å²) in [5, 5.41) is 2.90. The van der Waals surface area contributed by atoms with Gasteiger partial charge in [0.25, 0.3) is 0 Å². The largest absolute Gasteiger partial charge is 0.497 e. The third kappa shape index (κ3) is 6.47. The minimum absolute atomic E-state index is 0.0395. The molecule has 5 nitrogen and oxygen atoms in total. The van der Waals surface area contributed by atoms with Crippen LogP contribution >= 0.6 is 0 Å². The van der Waals surface area contributed by atoms with Crippen LogP contribution < -0.4 is 14.8 Å². The Morgan fingerprint density at radius 2 is 1.68 bits per heavy atom. The number of nitrogens with one attached hydrogen (secondary N) is 1. The lowest BCUT2D eigenvalue weighted by molar-refractivity contribution is -0.117. The first-order valence-corrected chi connectivity index (χ1v) is 8.46. The quantitative estimate of drug-likeness (QED) is 0.759. The van der Waals surface area contributed by atoms with Crippen LogP contribution in [0.25, 0.3) is 0 Å². The first-order chi connectivity index (χ1) is 12.1. The lowest BCUT2D eigenvalue weighted by Gasteiger charge is -2.20. The number of carbonyl (C=O) groups excluding carboxylic acids is 1. The first-order valence-electron chi connectivity index (χ1n) is 8.46. The molecule has 0 fully saturated rings. The van der Waals surface area contributed by atoms with Crippen molar-refractivity contribution in [3.8, 4) is 11.5 Å². The van der Waals surface area contributed by atoms with Gasteiger partial charge in [0.15, 0.2) is 0 Å². The monoisotopic (exact) mass is 342 g/mol. The fourth-order valence-electron chi connectivity index (χ4n) is 2.35. The van der Waals surface area contributed by atoms with Gasteiger partial charge in [0.1, 0.15) is 18.1 Å². The van der Waals surface area contributed by atoms with Crippen LogP contribution in [-0.4, -0.2) is 44.2 Å². The van der Waals surface area contributed by atoms with E-state index >= 15 is 0 Å². The normalized spacial score (nSPS) is 10.6. The summed E-state index contributed by atoms with van der Waals surface area (Å²) in [6.07, 6.45) is 0. The molecule has 0 unspecified atom stereocenters. The van der Waals surface area contributed by atoms with Crippen molar-refractivity contribution in [2.75, 3.05) is 38.7 Å². The van der Waals surface area contributed by atoms with E-state index in [2.05, 4.69) is 5.32 Å². The summed E-state index contributed by atoms with van der Waals surface area (Å²) in [6.45, 7) is 6.44. The van der Waals surface area contributed by atoms with E-state index in [0.29, 0.717) is 19.7 Å². The molecule has 5 heteroatoms. The van der Waals surface area contributed by atoms with Crippen LogP contribution in [0.5, 0.6) is 11.5 Å². The number of nitrogens with zero attached hydrogens (tertiary/aromatic N) is 1. The molecule has 1 N–H and O–H groups in total. The fraction of sp³-hybridized carbons (Fsp3) is 0.350. The zero-order valence-corrected chi connectivity index (χ0v) is 15.1. The van der Waals surface area contributed by atoms with Gasteiger partial charge in [-0.2, -0.15) is 0 Å². The van der Waals surface area contributed by atoms with Crippen LogP contribution in [0, 0.1) is 6.92 Å². The van der Waals surface area contributed by atoms with E-state index in [0.717, 1.165) is 23.7 Å². The standard InChI is InChI=1S/C20H26N2O3/c1-4-22(13-14-25-19-9-5-16(2)6-10-19)15-20(23)21-17-7-11-18(24-3)12-8-17/h5-12H,4,13-15H2,1-3H3,(H,21,23). The van der Waals surface area contributed by atoms with Gasteiger partial charge in [-0.1, -0.05) is 24.6 Å². The van der Waals surface area contributed by atoms with E-state index in [1.54, 1.807) is 7.11 Å². The maximum atomic E-state index is 12.2. The topological polar surface area (TPSA) is 50.8 Å².